The van der Waals surface area contributed by atoms with Crippen LogP contribution >= 0.6 is 0 Å². The minimum absolute atomic E-state index is 0.184. The van der Waals surface area contributed by atoms with E-state index in [2.05, 4.69) is 17.2 Å². The number of rotatable bonds is 5. The van der Waals surface area contributed by atoms with Crippen molar-refractivity contribution in [3.63, 3.8) is 0 Å². The lowest BCUT2D eigenvalue weighted by atomic mass is 10.1. The standard InChI is InChI=1S/C10H18N2O/c1-2-3-4-7-11-9-5-6-10(13)12-8-9/h2,9,11H,1,3-8H2,(H,12,13). The molecule has 3 nitrogen and oxygen atoms in total. The highest BCUT2D eigenvalue weighted by Crippen LogP contribution is 2.02. The smallest absolute Gasteiger partial charge is 0.220 e. The molecule has 1 fully saturated rings. The highest BCUT2D eigenvalue weighted by atomic mass is 16.1. The monoisotopic (exact) mass is 182 g/mol. The lowest BCUT2D eigenvalue weighted by Gasteiger charge is -2.23. The molecule has 2 N–H and O–H groups in total. The number of allylic oxidation sites excluding steroid dienone is 1. The fraction of sp³-hybridized carbons (Fsp3) is 0.700. The Bertz CT molecular complexity index is 170. The van der Waals surface area contributed by atoms with Crippen molar-refractivity contribution in [1.82, 2.24) is 10.6 Å². The highest BCUT2D eigenvalue weighted by molar-refractivity contribution is 5.76. The van der Waals surface area contributed by atoms with Crippen molar-refractivity contribution in [2.45, 2.75) is 31.7 Å². The van der Waals surface area contributed by atoms with E-state index in [0.29, 0.717) is 12.5 Å². The predicted molar refractivity (Wildman–Crippen MR) is 53.5 cm³/mol. The van der Waals surface area contributed by atoms with Gasteiger partial charge in [-0.15, -0.1) is 6.58 Å². The maximum atomic E-state index is 10.8. The van der Waals surface area contributed by atoms with Crippen LogP contribution in [0, 0.1) is 0 Å². The van der Waals surface area contributed by atoms with Crippen LogP contribution in [0.25, 0.3) is 0 Å². The van der Waals surface area contributed by atoms with Gasteiger partial charge in [0.25, 0.3) is 0 Å². The van der Waals surface area contributed by atoms with Crippen molar-refractivity contribution in [3.05, 3.63) is 12.7 Å². The average molecular weight is 182 g/mol. The molecule has 0 saturated carbocycles. The summed E-state index contributed by atoms with van der Waals surface area (Å²) >= 11 is 0. The Hall–Kier alpha value is -0.830. The maximum absolute atomic E-state index is 10.8. The maximum Gasteiger partial charge on any atom is 0.220 e. The number of piperidine rings is 1. The lowest BCUT2D eigenvalue weighted by Crippen LogP contribution is -2.45. The third kappa shape index (κ3) is 4.08. The number of hydrogen-bond acceptors (Lipinski definition) is 2. The number of nitrogens with one attached hydrogen (secondary N) is 2. The van der Waals surface area contributed by atoms with Gasteiger partial charge in [-0.05, 0) is 25.8 Å². The SMILES string of the molecule is C=CCCCNC1CCC(=O)NC1. The molecule has 1 rings (SSSR count). The summed E-state index contributed by atoms with van der Waals surface area (Å²) in [7, 11) is 0. The van der Waals surface area contributed by atoms with E-state index in [0.717, 1.165) is 32.4 Å². The van der Waals surface area contributed by atoms with Gasteiger partial charge in [0.15, 0.2) is 0 Å². The van der Waals surface area contributed by atoms with E-state index in [1.165, 1.54) is 0 Å². The van der Waals surface area contributed by atoms with Crippen molar-refractivity contribution in [3.8, 4) is 0 Å². The molecule has 1 saturated heterocycles. The zero-order chi connectivity index (χ0) is 9.52. The Morgan fingerprint density at radius 1 is 1.69 bits per heavy atom. The largest absolute Gasteiger partial charge is 0.355 e. The molecule has 13 heavy (non-hydrogen) atoms. The zero-order valence-electron chi connectivity index (χ0n) is 8.01. The van der Waals surface area contributed by atoms with Crippen LogP contribution < -0.4 is 10.6 Å². The molecule has 0 aromatic carbocycles. The molecule has 1 heterocycles. The van der Waals surface area contributed by atoms with E-state index >= 15 is 0 Å². The Morgan fingerprint density at radius 3 is 3.15 bits per heavy atom. The molecular formula is C10H18N2O. The number of carbonyl (C=O) groups excluding carboxylic acids is 1. The van der Waals surface area contributed by atoms with E-state index in [4.69, 9.17) is 0 Å². The first kappa shape index (κ1) is 10.3. The van der Waals surface area contributed by atoms with Crippen LogP contribution in [0.4, 0.5) is 0 Å². The summed E-state index contributed by atoms with van der Waals surface area (Å²) in [5.41, 5.74) is 0. The first-order valence-electron chi connectivity index (χ1n) is 4.94. The summed E-state index contributed by atoms with van der Waals surface area (Å²) in [6, 6.07) is 0.475. The third-order valence-electron chi connectivity index (χ3n) is 2.28. The van der Waals surface area contributed by atoms with Gasteiger partial charge in [-0.1, -0.05) is 6.08 Å². The fourth-order valence-electron chi connectivity index (χ4n) is 1.46. The normalized spacial score (nSPS) is 22.5. The summed E-state index contributed by atoms with van der Waals surface area (Å²) in [5.74, 6) is 0.184. The van der Waals surface area contributed by atoms with E-state index in [1.807, 2.05) is 6.08 Å². The second kappa shape index (κ2) is 5.75. The summed E-state index contributed by atoms with van der Waals surface area (Å²) < 4.78 is 0. The van der Waals surface area contributed by atoms with Crippen LogP contribution in [-0.4, -0.2) is 25.0 Å². The highest BCUT2D eigenvalue weighted by Gasteiger charge is 2.16. The van der Waals surface area contributed by atoms with Crippen molar-refractivity contribution in [2.75, 3.05) is 13.1 Å². The number of carbonyl (C=O) groups is 1. The second-order valence-electron chi connectivity index (χ2n) is 3.42. The summed E-state index contributed by atoms with van der Waals surface area (Å²) in [5, 5.41) is 6.27. The summed E-state index contributed by atoms with van der Waals surface area (Å²) in [6.07, 6.45) is 5.77. The predicted octanol–water partition coefficient (Wildman–Crippen LogP) is 0.821. The summed E-state index contributed by atoms with van der Waals surface area (Å²) in [4.78, 5) is 10.8. The van der Waals surface area contributed by atoms with Crippen LogP contribution in [0.1, 0.15) is 25.7 Å². The minimum Gasteiger partial charge on any atom is -0.355 e. The van der Waals surface area contributed by atoms with Gasteiger partial charge in [-0.3, -0.25) is 4.79 Å². The first-order valence-corrected chi connectivity index (χ1v) is 4.94. The van der Waals surface area contributed by atoms with Crippen LogP contribution in [0.3, 0.4) is 0 Å². The van der Waals surface area contributed by atoms with Gasteiger partial charge in [0.2, 0.25) is 5.91 Å². The molecule has 1 aliphatic rings. The van der Waals surface area contributed by atoms with Gasteiger partial charge >= 0.3 is 0 Å². The molecule has 1 aliphatic heterocycles. The minimum atomic E-state index is 0.184. The zero-order valence-corrected chi connectivity index (χ0v) is 8.01. The fourth-order valence-corrected chi connectivity index (χ4v) is 1.46. The molecule has 3 heteroatoms. The van der Waals surface area contributed by atoms with Gasteiger partial charge in [0, 0.05) is 19.0 Å². The van der Waals surface area contributed by atoms with E-state index < -0.39 is 0 Å². The topological polar surface area (TPSA) is 41.1 Å². The van der Waals surface area contributed by atoms with E-state index in [-0.39, 0.29) is 5.91 Å². The Kier molecular flexibility index (Phi) is 4.54. The molecule has 0 spiro atoms. The van der Waals surface area contributed by atoms with Crippen LogP contribution in [0.15, 0.2) is 12.7 Å². The van der Waals surface area contributed by atoms with Crippen LogP contribution in [0.2, 0.25) is 0 Å². The molecule has 0 radical (unpaired) electrons. The van der Waals surface area contributed by atoms with Crippen molar-refractivity contribution >= 4 is 5.91 Å². The van der Waals surface area contributed by atoms with Gasteiger partial charge in [-0.2, -0.15) is 0 Å². The first-order chi connectivity index (χ1) is 6.33. The molecular weight excluding hydrogens is 164 g/mol. The molecule has 1 unspecified atom stereocenters. The van der Waals surface area contributed by atoms with Crippen molar-refractivity contribution in [1.29, 1.82) is 0 Å². The molecule has 0 aromatic heterocycles. The molecule has 1 atom stereocenters. The molecule has 0 aliphatic carbocycles. The molecule has 1 amide bonds. The third-order valence-corrected chi connectivity index (χ3v) is 2.28. The van der Waals surface area contributed by atoms with Crippen LogP contribution in [-0.2, 0) is 4.79 Å². The van der Waals surface area contributed by atoms with Gasteiger partial charge in [0.1, 0.15) is 0 Å². The summed E-state index contributed by atoms with van der Waals surface area (Å²) in [6.45, 7) is 5.48. The Balaban J connectivity index is 2.02. The van der Waals surface area contributed by atoms with Gasteiger partial charge < -0.3 is 10.6 Å². The van der Waals surface area contributed by atoms with Crippen molar-refractivity contribution in [2.24, 2.45) is 0 Å². The van der Waals surface area contributed by atoms with Gasteiger partial charge in [-0.25, -0.2) is 0 Å². The number of hydrogen-bond donors (Lipinski definition) is 2. The molecule has 0 bridgehead atoms. The average Bonchev–Trinajstić information content (AvgIpc) is 2.15. The molecule has 74 valence electrons. The second-order valence-corrected chi connectivity index (χ2v) is 3.42. The van der Waals surface area contributed by atoms with Gasteiger partial charge in [0.05, 0.1) is 0 Å². The lowest BCUT2D eigenvalue weighted by molar-refractivity contribution is -0.122. The Morgan fingerprint density at radius 2 is 2.54 bits per heavy atom. The Labute approximate surface area is 79.6 Å². The van der Waals surface area contributed by atoms with Crippen molar-refractivity contribution < 1.29 is 4.79 Å². The number of amides is 1. The van der Waals surface area contributed by atoms with E-state index in [9.17, 15) is 4.79 Å². The van der Waals surface area contributed by atoms with Crippen LogP contribution in [0.5, 0.6) is 0 Å². The quantitative estimate of drug-likeness (QED) is 0.488. The number of unbranched alkanes of at least 4 members (excludes halogenated alkanes) is 1. The van der Waals surface area contributed by atoms with E-state index in [1.54, 1.807) is 0 Å². The molecule has 0 aromatic rings.